The van der Waals surface area contributed by atoms with Gasteiger partial charge in [0.25, 0.3) is 5.56 Å². The number of fused-ring (bicyclic) bond motifs is 1. The number of H-pyrrole nitrogens is 1. The second-order valence-electron chi connectivity index (χ2n) is 4.78. The van der Waals surface area contributed by atoms with Gasteiger partial charge in [0.1, 0.15) is 19.0 Å². The number of hydrogen-bond acceptors (Lipinski definition) is 4. The number of nitrogens with one attached hydrogen (secondary N) is 1. The molecule has 0 fully saturated rings. The molecule has 0 saturated carbocycles. The topological polar surface area (TPSA) is 64.2 Å². The molecule has 1 aliphatic rings. The lowest BCUT2D eigenvalue weighted by molar-refractivity contribution is 0.171. The standard InChI is InChI=1S/C15H15IN2O3/c1-2-3-10-13(16)15(19)18-14(17-10)9-4-5-11-12(8-9)21-7-6-20-11/h4-5,8H,2-3,6-7H2,1H3,(H,17,18,19). The molecule has 0 saturated heterocycles. The van der Waals surface area contributed by atoms with Crippen LogP contribution in [0.5, 0.6) is 11.5 Å². The van der Waals surface area contributed by atoms with Gasteiger partial charge in [-0.25, -0.2) is 4.98 Å². The second-order valence-corrected chi connectivity index (χ2v) is 5.86. The highest BCUT2D eigenvalue weighted by Gasteiger charge is 2.15. The fraction of sp³-hybridized carbons (Fsp3) is 0.333. The second kappa shape index (κ2) is 6.05. The zero-order valence-corrected chi connectivity index (χ0v) is 13.8. The van der Waals surface area contributed by atoms with Crippen LogP contribution in [0.2, 0.25) is 0 Å². The molecule has 1 aliphatic heterocycles. The number of ether oxygens (including phenoxy) is 2. The summed E-state index contributed by atoms with van der Waals surface area (Å²) < 4.78 is 11.7. The minimum Gasteiger partial charge on any atom is -0.486 e. The summed E-state index contributed by atoms with van der Waals surface area (Å²) in [7, 11) is 0. The molecular formula is C15H15IN2O3. The SMILES string of the molecule is CCCc1nc(-c2ccc3c(c2)OCCO3)[nH]c(=O)c1I. The van der Waals surface area contributed by atoms with E-state index < -0.39 is 0 Å². The molecule has 6 heteroatoms. The Morgan fingerprint density at radius 3 is 2.81 bits per heavy atom. The number of aryl methyl sites for hydroxylation is 1. The lowest BCUT2D eigenvalue weighted by Gasteiger charge is -2.18. The molecule has 0 atom stereocenters. The Hall–Kier alpha value is -1.57. The van der Waals surface area contributed by atoms with Crippen LogP contribution in [0.15, 0.2) is 23.0 Å². The van der Waals surface area contributed by atoms with Crippen LogP contribution in [-0.2, 0) is 6.42 Å². The number of halogens is 1. The summed E-state index contributed by atoms with van der Waals surface area (Å²) in [6, 6.07) is 5.59. The Morgan fingerprint density at radius 1 is 1.29 bits per heavy atom. The summed E-state index contributed by atoms with van der Waals surface area (Å²) in [5.74, 6) is 1.99. The molecule has 5 nitrogen and oxygen atoms in total. The molecule has 1 N–H and O–H groups in total. The Kier molecular flexibility index (Phi) is 4.14. The van der Waals surface area contributed by atoms with E-state index in [1.165, 1.54) is 0 Å². The van der Waals surface area contributed by atoms with Crippen molar-refractivity contribution < 1.29 is 9.47 Å². The lowest BCUT2D eigenvalue weighted by atomic mass is 10.1. The van der Waals surface area contributed by atoms with E-state index in [4.69, 9.17) is 9.47 Å². The molecule has 0 radical (unpaired) electrons. The highest BCUT2D eigenvalue weighted by Crippen LogP contribution is 2.33. The summed E-state index contributed by atoms with van der Waals surface area (Å²) in [5, 5.41) is 0. The molecule has 0 unspecified atom stereocenters. The average Bonchev–Trinajstić information content (AvgIpc) is 2.51. The molecule has 0 spiro atoms. The number of aromatic nitrogens is 2. The maximum Gasteiger partial charge on any atom is 0.264 e. The summed E-state index contributed by atoms with van der Waals surface area (Å²) in [5.41, 5.74) is 1.57. The first-order chi connectivity index (χ1) is 10.2. The average molecular weight is 398 g/mol. The maximum atomic E-state index is 12.0. The maximum absolute atomic E-state index is 12.0. The highest BCUT2D eigenvalue weighted by atomic mass is 127. The molecule has 1 aromatic carbocycles. The van der Waals surface area contributed by atoms with Gasteiger partial charge in [-0.3, -0.25) is 4.79 Å². The third-order valence-electron chi connectivity index (χ3n) is 3.23. The number of benzene rings is 1. The summed E-state index contributed by atoms with van der Waals surface area (Å²) in [4.78, 5) is 19.4. The third-order valence-corrected chi connectivity index (χ3v) is 4.35. The lowest BCUT2D eigenvalue weighted by Crippen LogP contribution is -2.17. The Labute approximate surface area is 135 Å². The quantitative estimate of drug-likeness (QED) is 0.808. The van der Waals surface area contributed by atoms with E-state index in [0.717, 1.165) is 29.8 Å². The minimum absolute atomic E-state index is 0.0982. The zero-order valence-electron chi connectivity index (χ0n) is 11.6. The Morgan fingerprint density at radius 2 is 2.05 bits per heavy atom. The molecular weight excluding hydrogens is 383 g/mol. The third kappa shape index (κ3) is 2.90. The van der Waals surface area contributed by atoms with Gasteiger partial charge >= 0.3 is 0 Å². The molecule has 21 heavy (non-hydrogen) atoms. The van der Waals surface area contributed by atoms with E-state index in [9.17, 15) is 4.79 Å². The first-order valence-corrected chi connectivity index (χ1v) is 7.95. The zero-order chi connectivity index (χ0) is 14.8. The van der Waals surface area contributed by atoms with Gasteiger partial charge in [0.2, 0.25) is 0 Å². The first-order valence-electron chi connectivity index (χ1n) is 6.87. The van der Waals surface area contributed by atoms with Gasteiger partial charge in [0.05, 0.1) is 9.26 Å². The number of nitrogens with zero attached hydrogens (tertiary/aromatic N) is 1. The van der Waals surface area contributed by atoms with Gasteiger partial charge in [0, 0.05) is 5.56 Å². The fourth-order valence-corrected chi connectivity index (χ4v) is 2.76. The summed E-state index contributed by atoms with van der Waals surface area (Å²) in [6.07, 6.45) is 1.74. The van der Waals surface area contributed by atoms with E-state index in [2.05, 4.69) is 16.9 Å². The Balaban J connectivity index is 2.06. The van der Waals surface area contributed by atoms with Gasteiger partial charge in [-0.15, -0.1) is 0 Å². The van der Waals surface area contributed by atoms with Crippen molar-refractivity contribution in [1.82, 2.24) is 9.97 Å². The molecule has 0 bridgehead atoms. The molecule has 1 aromatic heterocycles. The van der Waals surface area contributed by atoms with Crippen LogP contribution in [0.25, 0.3) is 11.4 Å². The molecule has 110 valence electrons. The molecule has 2 heterocycles. The van der Waals surface area contributed by atoms with Gasteiger partial charge < -0.3 is 14.5 Å². The van der Waals surface area contributed by atoms with Crippen molar-refractivity contribution in [3.05, 3.63) is 37.8 Å². The van der Waals surface area contributed by atoms with Crippen LogP contribution in [0, 0.1) is 3.57 Å². The van der Waals surface area contributed by atoms with Gasteiger partial charge in [-0.05, 0) is 47.2 Å². The monoisotopic (exact) mass is 398 g/mol. The highest BCUT2D eigenvalue weighted by molar-refractivity contribution is 14.1. The van der Waals surface area contributed by atoms with Gasteiger partial charge in [-0.2, -0.15) is 0 Å². The number of hydrogen-bond donors (Lipinski definition) is 1. The van der Waals surface area contributed by atoms with Crippen molar-refractivity contribution >= 4 is 22.6 Å². The molecule has 0 aliphatic carbocycles. The predicted octanol–water partition coefficient (Wildman–Crippen LogP) is 2.77. The van der Waals surface area contributed by atoms with Crippen LogP contribution in [0.1, 0.15) is 19.0 Å². The number of aromatic amines is 1. The summed E-state index contributed by atoms with van der Waals surface area (Å²) >= 11 is 2.05. The summed E-state index contributed by atoms with van der Waals surface area (Å²) in [6.45, 7) is 3.17. The van der Waals surface area contributed by atoms with Crippen molar-refractivity contribution in [2.45, 2.75) is 19.8 Å². The molecule has 3 rings (SSSR count). The van der Waals surface area contributed by atoms with E-state index in [1.54, 1.807) is 0 Å². The van der Waals surface area contributed by atoms with Crippen molar-refractivity contribution in [3.63, 3.8) is 0 Å². The fourth-order valence-electron chi connectivity index (χ4n) is 2.24. The van der Waals surface area contributed by atoms with E-state index in [0.29, 0.717) is 28.4 Å². The molecule has 0 amide bonds. The van der Waals surface area contributed by atoms with Crippen LogP contribution < -0.4 is 15.0 Å². The van der Waals surface area contributed by atoms with Gasteiger partial charge in [-0.1, -0.05) is 13.3 Å². The van der Waals surface area contributed by atoms with Crippen LogP contribution >= 0.6 is 22.6 Å². The van der Waals surface area contributed by atoms with Crippen LogP contribution in [0.3, 0.4) is 0 Å². The van der Waals surface area contributed by atoms with E-state index in [-0.39, 0.29) is 5.56 Å². The van der Waals surface area contributed by atoms with Gasteiger partial charge in [0.15, 0.2) is 11.5 Å². The molecule has 2 aromatic rings. The normalized spacial score (nSPS) is 13.2. The van der Waals surface area contributed by atoms with E-state index >= 15 is 0 Å². The first kappa shape index (κ1) is 14.4. The number of rotatable bonds is 3. The van der Waals surface area contributed by atoms with Crippen LogP contribution in [-0.4, -0.2) is 23.2 Å². The van der Waals surface area contributed by atoms with Crippen molar-refractivity contribution in [2.24, 2.45) is 0 Å². The predicted molar refractivity (Wildman–Crippen MR) is 88.0 cm³/mol. The van der Waals surface area contributed by atoms with Crippen molar-refractivity contribution in [3.8, 4) is 22.9 Å². The smallest absolute Gasteiger partial charge is 0.264 e. The largest absolute Gasteiger partial charge is 0.486 e. The van der Waals surface area contributed by atoms with E-state index in [1.807, 2.05) is 40.8 Å². The Bertz CT molecular complexity index is 727. The van der Waals surface area contributed by atoms with Crippen molar-refractivity contribution in [2.75, 3.05) is 13.2 Å². The van der Waals surface area contributed by atoms with Crippen LogP contribution in [0.4, 0.5) is 0 Å². The van der Waals surface area contributed by atoms with Crippen molar-refractivity contribution in [1.29, 1.82) is 0 Å². The minimum atomic E-state index is -0.0982.